The molecule has 0 aliphatic carbocycles. The maximum Gasteiger partial charge on any atom is 0.0394 e. The number of aromatic nitrogens is 1. The van der Waals surface area contributed by atoms with Crippen molar-refractivity contribution in [2.24, 2.45) is 4.99 Å². The van der Waals surface area contributed by atoms with Crippen molar-refractivity contribution in [3.63, 3.8) is 0 Å². The summed E-state index contributed by atoms with van der Waals surface area (Å²) >= 11 is 0. The van der Waals surface area contributed by atoms with Crippen LogP contribution in [0.4, 0.5) is 5.69 Å². The highest BCUT2D eigenvalue weighted by Gasteiger charge is 2.08. The zero-order valence-corrected chi connectivity index (χ0v) is 13.2. The zero-order valence-electron chi connectivity index (χ0n) is 13.2. The monoisotopic (exact) mass is 303 g/mol. The van der Waals surface area contributed by atoms with Gasteiger partial charge in [0.05, 0.1) is 0 Å². The van der Waals surface area contributed by atoms with Crippen molar-refractivity contribution < 1.29 is 0 Å². The van der Waals surface area contributed by atoms with E-state index in [4.69, 9.17) is 5.73 Å². The number of hydrogen-bond acceptors (Lipinski definition) is 3. The Kier molecular flexibility index (Phi) is 6.95. The van der Waals surface area contributed by atoms with Crippen molar-refractivity contribution in [3.8, 4) is 11.1 Å². The molecular weight excluding hydrogens is 282 g/mol. The van der Waals surface area contributed by atoms with Crippen molar-refractivity contribution >= 4 is 18.0 Å². The van der Waals surface area contributed by atoms with Gasteiger partial charge in [0, 0.05) is 35.4 Å². The van der Waals surface area contributed by atoms with Crippen LogP contribution in [0, 0.1) is 0 Å². The maximum absolute atomic E-state index is 6.06. The van der Waals surface area contributed by atoms with Gasteiger partial charge in [-0.15, -0.1) is 13.2 Å². The van der Waals surface area contributed by atoms with Crippen LogP contribution in [0.3, 0.4) is 0 Å². The van der Waals surface area contributed by atoms with Gasteiger partial charge in [-0.25, -0.2) is 0 Å². The maximum atomic E-state index is 6.06. The van der Waals surface area contributed by atoms with Gasteiger partial charge in [-0.3, -0.25) is 9.98 Å². The molecule has 0 saturated heterocycles. The fourth-order valence-electron chi connectivity index (χ4n) is 1.95. The van der Waals surface area contributed by atoms with Gasteiger partial charge in [0.2, 0.25) is 0 Å². The molecule has 0 spiro atoms. The number of allylic oxidation sites excluding steroid dienone is 3. The minimum atomic E-state index is 0.661. The first-order chi connectivity index (χ1) is 11.1. The summed E-state index contributed by atoms with van der Waals surface area (Å²) in [6, 6.07) is 9.73. The topological polar surface area (TPSA) is 51.3 Å². The highest BCUT2D eigenvalue weighted by molar-refractivity contribution is 5.87. The smallest absolute Gasteiger partial charge is 0.0394 e. The van der Waals surface area contributed by atoms with Gasteiger partial charge >= 0.3 is 0 Å². The molecule has 0 aliphatic heterocycles. The molecule has 1 aromatic heterocycles. The Hall–Kier alpha value is -3.20. The molecule has 2 aromatic rings. The third-order valence-electron chi connectivity index (χ3n) is 3.14. The van der Waals surface area contributed by atoms with Gasteiger partial charge in [-0.2, -0.15) is 0 Å². The molecule has 0 saturated carbocycles. The van der Waals surface area contributed by atoms with E-state index in [1.54, 1.807) is 18.5 Å². The molecule has 0 atom stereocenters. The Morgan fingerprint density at radius 2 is 1.87 bits per heavy atom. The average molecular weight is 303 g/mol. The van der Waals surface area contributed by atoms with E-state index in [1.807, 2.05) is 36.5 Å². The van der Waals surface area contributed by atoms with E-state index in [-0.39, 0.29) is 0 Å². The summed E-state index contributed by atoms with van der Waals surface area (Å²) in [5, 5.41) is 0. The molecule has 2 rings (SSSR count). The van der Waals surface area contributed by atoms with Crippen molar-refractivity contribution in [3.05, 3.63) is 92.5 Å². The van der Waals surface area contributed by atoms with E-state index in [0.29, 0.717) is 5.69 Å². The van der Waals surface area contributed by atoms with E-state index in [9.17, 15) is 0 Å². The first kappa shape index (κ1) is 17.9. The Labute approximate surface area is 137 Å². The number of pyridine rings is 1. The fraction of sp³-hybridized carbons (Fsp3) is 0. The Morgan fingerprint density at radius 1 is 1.13 bits per heavy atom. The summed E-state index contributed by atoms with van der Waals surface area (Å²) < 4.78 is 0. The van der Waals surface area contributed by atoms with Gasteiger partial charge in [0.1, 0.15) is 0 Å². The normalized spacial score (nSPS) is 9.74. The third kappa shape index (κ3) is 4.64. The molecular formula is C20H21N3. The molecule has 0 amide bonds. The van der Waals surface area contributed by atoms with E-state index in [2.05, 4.69) is 43.0 Å². The fourth-order valence-corrected chi connectivity index (χ4v) is 1.95. The lowest BCUT2D eigenvalue weighted by molar-refractivity contribution is 1.33. The summed E-state index contributed by atoms with van der Waals surface area (Å²) in [7, 11) is 0. The van der Waals surface area contributed by atoms with Crippen LogP contribution in [0.5, 0.6) is 0 Å². The van der Waals surface area contributed by atoms with Crippen LogP contribution in [0.1, 0.15) is 5.56 Å². The summed E-state index contributed by atoms with van der Waals surface area (Å²) in [6.07, 6.45) is 6.89. The van der Waals surface area contributed by atoms with E-state index < -0.39 is 0 Å². The number of nitrogen functional groups attached to an aromatic ring is 1. The molecule has 2 N–H and O–H groups in total. The lowest BCUT2D eigenvalue weighted by Crippen LogP contribution is -1.95. The van der Waals surface area contributed by atoms with Gasteiger partial charge in [0.15, 0.2) is 0 Å². The molecule has 3 heteroatoms. The molecule has 116 valence electrons. The minimum Gasteiger partial charge on any atom is -0.398 e. The summed E-state index contributed by atoms with van der Waals surface area (Å²) in [6.45, 7) is 17.4. The van der Waals surface area contributed by atoms with Gasteiger partial charge < -0.3 is 5.73 Å². The first-order valence-electron chi connectivity index (χ1n) is 6.94. The molecule has 0 fully saturated rings. The van der Waals surface area contributed by atoms with E-state index in [0.717, 1.165) is 27.8 Å². The number of nitrogens with two attached hydrogens (primary N) is 1. The predicted molar refractivity (Wildman–Crippen MR) is 102 cm³/mol. The van der Waals surface area contributed by atoms with Crippen molar-refractivity contribution in [2.45, 2.75) is 0 Å². The summed E-state index contributed by atoms with van der Waals surface area (Å²) in [5.41, 5.74) is 11.1. The molecule has 0 unspecified atom stereocenters. The van der Waals surface area contributed by atoms with Crippen LogP contribution < -0.4 is 5.73 Å². The van der Waals surface area contributed by atoms with Gasteiger partial charge in [-0.05, 0) is 47.7 Å². The molecule has 0 radical (unpaired) electrons. The van der Waals surface area contributed by atoms with Crippen LogP contribution >= 0.6 is 0 Å². The number of benzene rings is 1. The number of nitrogens with zero attached hydrogens (tertiary/aromatic N) is 2. The van der Waals surface area contributed by atoms with Crippen molar-refractivity contribution in [1.82, 2.24) is 4.98 Å². The lowest BCUT2D eigenvalue weighted by Gasteiger charge is -2.11. The Balaban J connectivity index is 0.00000127. The highest BCUT2D eigenvalue weighted by atomic mass is 14.6. The van der Waals surface area contributed by atoms with Crippen LogP contribution in [-0.4, -0.2) is 11.7 Å². The van der Waals surface area contributed by atoms with Crippen LogP contribution in [-0.2, 0) is 0 Å². The number of aliphatic imine (C=N–C) groups is 1. The highest BCUT2D eigenvalue weighted by Crippen LogP contribution is 2.30. The molecule has 1 aromatic carbocycles. The predicted octanol–water partition coefficient (Wildman–Crippen LogP) is 4.92. The molecule has 1 heterocycles. The second-order valence-electron chi connectivity index (χ2n) is 4.55. The largest absolute Gasteiger partial charge is 0.398 e. The average Bonchev–Trinajstić information content (AvgIpc) is 2.62. The Bertz CT molecular complexity index is 728. The molecule has 0 aliphatic rings. The van der Waals surface area contributed by atoms with Crippen molar-refractivity contribution in [2.75, 3.05) is 5.73 Å². The van der Waals surface area contributed by atoms with Crippen LogP contribution in [0.25, 0.3) is 16.7 Å². The quantitative estimate of drug-likeness (QED) is 0.369. The standard InChI is InChI=1S/C18H17N3.C2H4/c1-13(8-10-20-3)14(2)17-11-15(6-7-18(17)19)16-5-4-9-21-12-16;1-2/h4-12H,1-3,19H2;1-2H2/b10-8-;. The molecule has 3 nitrogen and oxygen atoms in total. The number of rotatable bonds is 5. The van der Waals surface area contributed by atoms with Crippen LogP contribution in [0.2, 0.25) is 0 Å². The van der Waals surface area contributed by atoms with Gasteiger partial charge in [-0.1, -0.05) is 25.3 Å². The Morgan fingerprint density at radius 3 is 2.48 bits per heavy atom. The summed E-state index contributed by atoms with van der Waals surface area (Å²) in [5.74, 6) is 0. The van der Waals surface area contributed by atoms with Crippen LogP contribution in [0.15, 0.2) is 91.9 Å². The zero-order chi connectivity index (χ0) is 17.2. The second-order valence-corrected chi connectivity index (χ2v) is 4.55. The molecule has 23 heavy (non-hydrogen) atoms. The number of anilines is 1. The first-order valence-corrected chi connectivity index (χ1v) is 6.94. The van der Waals surface area contributed by atoms with E-state index >= 15 is 0 Å². The summed E-state index contributed by atoms with van der Waals surface area (Å²) in [4.78, 5) is 7.80. The van der Waals surface area contributed by atoms with Gasteiger partial charge in [0.25, 0.3) is 0 Å². The van der Waals surface area contributed by atoms with Crippen molar-refractivity contribution in [1.29, 1.82) is 0 Å². The number of hydrogen-bond donors (Lipinski definition) is 1. The molecule has 0 bridgehead atoms. The third-order valence-corrected chi connectivity index (χ3v) is 3.14. The second kappa shape index (κ2) is 8.95. The lowest BCUT2D eigenvalue weighted by atomic mass is 9.95. The van der Waals surface area contributed by atoms with E-state index in [1.165, 1.54) is 0 Å². The minimum absolute atomic E-state index is 0.661. The SMILES string of the molecule is C=C.C=N/C=C\C(=C)C(=C)c1cc(-c2cccnc2)ccc1N.